The van der Waals surface area contributed by atoms with Gasteiger partial charge in [0.2, 0.25) is 0 Å². The zero-order valence-corrected chi connectivity index (χ0v) is 15.0. The molecule has 0 heterocycles. The molecule has 0 unspecified atom stereocenters. The van der Waals surface area contributed by atoms with Crippen LogP contribution in [-0.4, -0.2) is 11.0 Å². The molecule has 2 aromatic rings. The third-order valence-corrected chi connectivity index (χ3v) is 4.23. The average Bonchev–Trinajstić information content (AvgIpc) is 2.43. The van der Waals surface area contributed by atoms with E-state index in [4.69, 9.17) is 35.4 Å². The number of amides is 1. The minimum Gasteiger partial charge on any atom is -0.331 e. The highest BCUT2D eigenvalue weighted by molar-refractivity contribution is 14.1. The molecule has 0 aromatic heterocycles. The first-order chi connectivity index (χ1) is 9.97. The second-order valence-electron chi connectivity index (χ2n) is 4.01. The van der Waals surface area contributed by atoms with Crippen molar-refractivity contribution in [2.45, 2.75) is 0 Å². The van der Waals surface area contributed by atoms with Gasteiger partial charge in [-0.3, -0.25) is 10.1 Å². The van der Waals surface area contributed by atoms with Gasteiger partial charge in [0, 0.05) is 8.59 Å². The van der Waals surface area contributed by atoms with E-state index in [9.17, 15) is 4.79 Å². The van der Waals surface area contributed by atoms with Gasteiger partial charge in [0.05, 0.1) is 16.3 Å². The number of hydrogen-bond donors (Lipinski definition) is 2. The Bertz CT molecular complexity index is 709. The summed E-state index contributed by atoms with van der Waals surface area (Å²) in [7, 11) is 0. The minimum atomic E-state index is -0.282. The number of carbonyl (C=O) groups is 1. The third kappa shape index (κ3) is 4.54. The molecule has 0 radical (unpaired) electrons. The Labute approximate surface area is 151 Å². The Morgan fingerprint density at radius 2 is 1.86 bits per heavy atom. The van der Waals surface area contributed by atoms with E-state index in [1.54, 1.807) is 30.3 Å². The van der Waals surface area contributed by atoms with Gasteiger partial charge in [-0.25, -0.2) is 0 Å². The van der Waals surface area contributed by atoms with Crippen LogP contribution in [0.15, 0.2) is 42.5 Å². The zero-order chi connectivity index (χ0) is 15.4. The molecule has 108 valence electrons. The predicted octanol–water partition coefficient (Wildman–Crippen LogP) is 4.72. The van der Waals surface area contributed by atoms with Gasteiger partial charge in [-0.2, -0.15) is 0 Å². The normalized spacial score (nSPS) is 10.0. The maximum absolute atomic E-state index is 12.1. The highest BCUT2D eigenvalue weighted by Gasteiger charge is 2.11. The molecule has 0 atom stereocenters. The lowest BCUT2D eigenvalue weighted by molar-refractivity contribution is 0.0977. The van der Waals surface area contributed by atoms with Gasteiger partial charge >= 0.3 is 0 Å². The maximum Gasteiger partial charge on any atom is 0.258 e. The van der Waals surface area contributed by atoms with Crippen LogP contribution in [0.1, 0.15) is 10.4 Å². The summed E-state index contributed by atoms with van der Waals surface area (Å²) in [4.78, 5) is 12.1. The van der Waals surface area contributed by atoms with Crippen LogP contribution in [0.5, 0.6) is 0 Å². The van der Waals surface area contributed by atoms with E-state index >= 15 is 0 Å². The number of nitrogens with one attached hydrogen (secondary N) is 2. The standard InChI is InChI=1S/C14H9Cl2IN2OS/c15-8-5-6-10(16)12(7-8)18-14(21)19-13(20)9-3-1-2-4-11(9)17/h1-7H,(H2,18,19,20,21). The SMILES string of the molecule is O=C(NC(=S)Nc1cc(Cl)ccc1Cl)c1ccccc1I. The van der Waals surface area contributed by atoms with E-state index in [1.165, 1.54) is 0 Å². The van der Waals surface area contributed by atoms with E-state index in [1.807, 2.05) is 12.1 Å². The van der Waals surface area contributed by atoms with Crippen LogP contribution in [0, 0.1) is 3.57 Å². The lowest BCUT2D eigenvalue weighted by atomic mass is 10.2. The zero-order valence-electron chi connectivity index (χ0n) is 10.5. The van der Waals surface area contributed by atoms with Gasteiger partial charge in [-0.05, 0) is 65.1 Å². The van der Waals surface area contributed by atoms with Crippen molar-refractivity contribution in [3.05, 3.63) is 61.6 Å². The van der Waals surface area contributed by atoms with Crippen molar-refractivity contribution in [1.29, 1.82) is 0 Å². The van der Waals surface area contributed by atoms with E-state index < -0.39 is 0 Å². The first-order valence-corrected chi connectivity index (χ1v) is 8.03. The minimum absolute atomic E-state index is 0.156. The summed E-state index contributed by atoms with van der Waals surface area (Å²) in [6, 6.07) is 12.2. The molecule has 0 aliphatic heterocycles. The molecule has 0 aliphatic carbocycles. The molecule has 0 spiro atoms. The van der Waals surface area contributed by atoms with Gasteiger partial charge in [-0.1, -0.05) is 35.3 Å². The van der Waals surface area contributed by atoms with Crippen molar-refractivity contribution in [3.8, 4) is 0 Å². The molecule has 0 bridgehead atoms. The highest BCUT2D eigenvalue weighted by Crippen LogP contribution is 2.25. The van der Waals surface area contributed by atoms with Crippen LogP contribution < -0.4 is 10.6 Å². The van der Waals surface area contributed by atoms with Crippen LogP contribution in [0.4, 0.5) is 5.69 Å². The Balaban J connectivity index is 2.07. The summed E-state index contributed by atoms with van der Waals surface area (Å²) in [5.41, 5.74) is 1.09. The van der Waals surface area contributed by atoms with Crippen molar-refractivity contribution >= 4 is 74.7 Å². The molecule has 2 N–H and O–H groups in total. The number of rotatable bonds is 2. The Hall–Kier alpha value is -0.890. The fourth-order valence-electron chi connectivity index (χ4n) is 1.56. The molecule has 0 fully saturated rings. The second kappa shape index (κ2) is 7.40. The van der Waals surface area contributed by atoms with E-state index in [2.05, 4.69) is 33.2 Å². The molecule has 0 aliphatic rings. The van der Waals surface area contributed by atoms with Crippen molar-refractivity contribution < 1.29 is 4.79 Å². The fraction of sp³-hybridized carbons (Fsp3) is 0. The highest BCUT2D eigenvalue weighted by atomic mass is 127. The smallest absolute Gasteiger partial charge is 0.258 e. The summed E-state index contributed by atoms with van der Waals surface area (Å²) in [5, 5.41) is 6.60. The van der Waals surface area contributed by atoms with Gasteiger partial charge in [0.1, 0.15) is 0 Å². The largest absolute Gasteiger partial charge is 0.331 e. The Kier molecular flexibility index (Phi) is 5.80. The fourth-order valence-corrected chi connectivity index (χ4v) is 2.73. The van der Waals surface area contributed by atoms with Crippen LogP contribution in [-0.2, 0) is 0 Å². The Morgan fingerprint density at radius 1 is 1.14 bits per heavy atom. The lowest BCUT2D eigenvalue weighted by Gasteiger charge is -2.11. The summed E-state index contributed by atoms with van der Waals surface area (Å²) >= 11 is 19.1. The summed E-state index contributed by atoms with van der Waals surface area (Å²) in [5.74, 6) is -0.282. The summed E-state index contributed by atoms with van der Waals surface area (Å²) < 4.78 is 0.844. The first-order valence-electron chi connectivity index (χ1n) is 5.79. The van der Waals surface area contributed by atoms with E-state index in [0.29, 0.717) is 21.3 Å². The lowest BCUT2D eigenvalue weighted by Crippen LogP contribution is -2.34. The molecular formula is C14H9Cl2IN2OS. The van der Waals surface area contributed by atoms with Gasteiger partial charge in [0.15, 0.2) is 5.11 Å². The van der Waals surface area contributed by atoms with Crippen molar-refractivity contribution in [2.75, 3.05) is 5.32 Å². The molecule has 7 heteroatoms. The second-order valence-corrected chi connectivity index (χ2v) is 6.43. The van der Waals surface area contributed by atoms with Crippen LogP contribution in [0.3, 0.4) is 0 Å². The van der Waals surface area contributed by atoms with Crippen molar-refractivity contribution in [1.82, 2.24) is 5.32 Å². The van der Waals surface area contributed by atoms with Crippen LogP contribution >= 0.6 is 58.0 Å². The monoisotopic (exact) mass is 450 g/mol. The first kappa shape index (κ1) is 16.5. The van der Waals surface area contributed by atoms with Crippen LogP contribution in [0.2, 0.25) is 10.0 Å². The quantitative estimate of drug-likeness (QED) is 0.513. The number of halogens is 3. The molecule has 0 saturated heterocycles. The molecule has 0 saturated carbocycles. The summed E-state index contributed by atoms with van der Waals surface area (Å²) in [6.07, 6.45) is 0. The number of benzene rings is 2. The topological polar surface area (TPSA) is 41.1 Å². The van der Waals surface area contributed by atoms with Crippen molar-refractivity contribution in [2.24, 2.45) is 0 Å². The van der Waals surface area contributed by atoms with Gasteiger partial charge < -0.3 is 5.32 Å². The molecular weight excluding hydrogens is 442 g/mol. The van der Waals surface area contributed by atoms with Gasteiger partial charge in [0.25, 0.3) is 5.91 Å². The molecule has 21 heavy (non-hydrogen) atoms. The Morgan fingerprint density at radius 3 is 2.57 bits per heavy atom. The summed E-state index contributed by atoms with van der Waals surface area (Å²) in [6.45, 7) is 0. The van der Waals surface area contributed by atoms with E-state index in [-0.39, 0.29) is 11.0 Å². The number of hydrogen-bond acceptors (Lipinski definition) is 2. The number of anilines is 1. The van der Waals surface area contributed by atoms with Crippen molar-refractivity contribution in [3.63, 3.8) is 0 Å². The molecule has 3 nitrogen and oxygen atoms in total. The third-order valence-electron chi connectivity index (χ3n) is 2.52. The maximum atomic E-state index is 12.1. The van der Waals surface area contributed by atoms with Crippen LogP contribution in [0.25, 0.3) is 0 Å². The average molecular weight is 451 g/mol. The molecule has 1 amide bonds. The van der Waals surface area contributed by atoms with E-state index in [0.717, 1.165) is 3.57 Å². The predicted molar refractivity (Wildman–Crippen MR) is 99.3 cm³/mol. The number of thiocarbonyl (C=S) groups is 1. The molecule has 2 rings (SSSR count). The van der Waals surface area contributed by atoms with Gasteiger partial charge in [-0.15, -0.1) is 0 Å². The number of carbonyl (C=O) groups excluding carboxylic acids is 1. The molecule has 2 aromatic carbocycles.